The van der Waals surface area contributed by atoms with Gasteiger partial charge in [-0.15, -0.1) is 22.9 Å². The highest BCUT2D eigenvalue weighted by Gasteiger charge is 2.25. The van der Waals surface area contributed by atoms with Gasteiger partial charge in [0.15, 0.2) is 0 Å². The van der Waals surface area contributed by atoms with Crippen LogP contribution < -0.4 is 0 Å². The zero-order valence-electron chi connectivity index (χ0n) is 11.9. The van der Waals surface area contributed by atoms with Crippen molar-refractivity contribution in [3.05, 3.63) is 46.8 Å². The molecule has 1 aromatic heterocycles. The molecule has 1 atom stereocenters. The predicted molar refractivity (Wildman–Crippen MR) is 89.7 cm³/mol. The van der Waals surface area contributed by atoms with Crippen LogP contribution in [0.1, 0.15) is 47.9 Å². The quantitative estimate of drug-likeness (QED) is 0.561. The fraction of sp³-hybridized carbons (Fsp3) is 0.444. The predicted octanol–water partition coefficient (Wildman–Crippen LogP) is 6.58. The molecule has 1 heterocycles. The van der Waals surface area contributed by atoms with Gasteiger partial charge in [-0.25, -0.2) is 0 Å². The van der Waals surface area contributed by atoms with E-state index in [0.29, 0.717) is 5.92 Å². The van der Waals surface area contributed by atoms with E-state index < -0.39 is 0 Å². The minimum atomic E-state index is 0.198. The standard InChI is InChI=1S/C18H21ClS/c1-13-16(18(19)15-10-6-3-7-11-15)12-17(20-13)14-8-4-2-5-9-14/h2,4-5,8-9,12,15,18H,3,6-7,10-11H2,1H3. The lowest BCUT2D eigenvalue weighted by molar-refractivity contribution is 0.348. The average Bonchev–Trinajstić information content (AvgIpc) is 2.90. The summed E-state index contributed by atoms with van der Waals surface area (Å²) in [5.41, 5.74) is 2.67. The van der Waals surface area contributed by atoms with E-state index >= 15 is 0 Å². The number of hydrogen-bond donors (Lipinski definition) is 0. The lowest BCUT2D eigenvalue weighted by Crippen LogP contribution is -2.12. The molecule has 0 nitrogen and oxygen atoms in total. The molecule has 0 spiro atoms. The maximum atomic E-state index is 6.80. The minimum Gasteiger partial charge on any atom is -0.140 e. The van der Waals surface area contributed by atoms with Gasteiger partial charge in [0.25, 0.3) is 0 Å². The molecule has 106 valence electrons. The van der Waals surface area contributed by atoms with Crippen LogP contribution in [0.25, 0.3) is 10.4 Å². The van der Waals surface area contributed by atoms with E-state index in [1.165, 1.54) is 53.0 Å². The number of aryl methyl sites for hydroxylation is 1. The summed E-state index contributed by atoms with van der Waals surface area (Å²) < 4.78 is 0. The van der Waals surface area contributed by atoms with E-state index in [2.05, 4.69) is 43.3 Å². The van der Waals surface area contributed by atoms with Crippen LogP contribution in [0.4, 0.5) is 0 Å². The maximum absolute atomic E-state index is 6.80. The SMILES string of the molecule is Cc1sc(-c2ccccc2)cc1C(Cl)C1CCCCC1. The minimum absolute atomic E-state index is 0.198. The number of rotatable bonds is 3. The number of benzene rings is 1. The summed E-state index contributed by atoms with van der Waals surface area (Å²) in [5, 5.41) is 0.198. The molecule has 1 saturated carbocycles. The van der Waals surface area contributed by atoms with Crippen molar-refractivity contribution in [2.45, 2.75) is 44.4 Å². The van der Waals surface area contributed by atoms with Crippen molar-refractivity contribution >= 4 is 22.9 Å². The highest BCUT2D eigenvalue weighted by atomic mass is 35.5. The lowest BCUT2D eigenvalue weighted by Gasteiger charge is -2.26. The van der Waals surface area contributed by atoms with E-state index in [-0.39, 0.29) is 5.38 Å². The molecule has 1 aliphatic carbocycles. The second kappa shape index (κ2) is 6.32. The molecular formula is C18H21ClS. The summed E-state index contributed by atoms with van der Waals surface area (Å²) in [7, 11) is 0. The first kappa shape index (κ1) is 14.2. The molecule has 0 radical (unpaired) electrons. The zero-order valence-corrected chi connectivity index (χ0v) is 13.5. The average molecular weight is 305 g/mol. The summed E-state index contributed by atoms with van der Waals surface area (Å²) in [4.78, 5) is 2.73. The van der Waals surface area contributed by atoms with E-state index in [1.54, 1.807) is 0 Å². The van der Waals surface area contributed by atoms with Crippen molar-refractivity contribution in [3.63, 3.8) is 0 Å². The Morgan fingerprint density at radius 2 is 1.80 bits per heavy atom. The second-order valence-corrected chi connectivity index (χ2v) is 7.51. The van der Waals surface area contributed by atoms with Gasteiger partial charge in [-0.05, 0) is 42.9 Å². The first-order chi connectivity index (χ1) is 9.75. The molecule has 1 aliphatic rings. The van der Waals surface area contributed by atoms with Crippen LogP contribution in [0.2, 0.25) is 0 Å². The van der Waals surface area contributed by atoms with E-state index in [1.807, 2.05) is 11.3 Å². The molecule has 0 saturated heterocycles. The van der Waals surface area contributed by atoms with E-state index in [9.17, 15) is 0 Å². The van der Waals surface area contributed by atoms with Crippen molar-refractivity contribution in [1.29, 1.82) is 0 Å². The molecule has 1 unspecified atom stereocenters. The molecule has 0 bridgehead atoms. The smallest absolute Gasteiger partial charge is 0.0624 e. The largest absolute Gasteiger partial charge is 0.140 e. The molecule has 1 fully saturated rings. The lowest BCUT2D eigenvalue weighted by atomic mass is 9.84. The van der Waals surface area contributed by atoms with Crippen LogP contribution in [-0.4, -0.2) is 0 Å². The first-order valence-corrected chi connectivity index (χ1v) is 8.81. The van der Waals surface area contributed by atoms with Crippen molar-refractivity contribution in [3.8, 4) is 10.4 Å². The Morgan fingerprint density at radius 3 is 2.50 bits per heavy atom. The second-order valence-electron chi connectivity index (χ2n) is 5.79. The van der Waals surface area contributed by atoms with Gasteiger partial charge in [0.05, 0.1) is 5.38 Å². The molecule has 0 N–H and O–H groups in total. The third-order valence-corrected chi connectivity index (χ3v) is 6.08. The molecule has 0 aliphatic heterocycles. The normalized spacial score (nSPS) is 18.1. The van der Waals surface area contributed by atoms with Crippen LogP contribution in [0.3, 0.4) is 0 Å². The molecule has 1 aromatic carbocycles. The van der Waals surface area contributed by atoms with Crippen LogP contribution in [-0.2, 0) is 0 Å². The highest BCUT2D eigenvalue weighted by Crippen LogP contribution is 2.43. The van der Waals surface area contributed by atoms with Gasteiger partial charge in [0.2, 0.25) is 0 Å². The fourth-order valence-corrected chi connectivity index (χ4v) is 4.81. The Kier molecular flexibility index (Phi) is 4.48. The summed E-state index contributed by atoms with van der Waals surface area (Å²) >= 11 is 8.67. The Balaban J connectivity index is 1.85. The van der Waals surface area contributed by atoms with E-state index in [4.69, 9.17) is 11.6 Å². The molecule has 2 aromatic rings. The van der Waals surface area contributed by atoms with Crippen LogP contribution >= 0.6 is 22.9 Å². The monoisotopic (exact) mass is 304 g/mol. The van der Waals surface area contributed by atoms with Gasteiger partial charge in [0.1, 0.15) is 0 Å². The Hall–Kier alpha value is -0.790. The maximum Gasteiger partial charge on any atom is 0.0624 e. The third-order valence-electron chi connectivity index (χ3n) is 4.38. The Labute approximate surface area is 130 Å². The van der Waals surface area contributed by atoms with Crippen molar-refractivity contribution in [2.24, 2.45) is 5.92 Å². The molecule has 2 heteroatoms. The fourth-order valence-electron chi connectivity index (χ4n) is 3.20. The Morgan fingerprint density at radius 1 is 1.10 bits per heavy atom. The van der Waals surface area contributed by atoms with Crippen molar-refractivity contribution in [1.82, 2.24) is 0 Å². The van der Waals surface area contributed by atoms with Gasteiger partial charge in [-0.2, -0.15) is 0 Å². The summed E-state index contributed by atoms with van der Waals surface area (Å²) in [6.45, 7) is 2.21. The van der Waals surface area contributed by atoms with Crippen molar-refractivity contribution in [2.75, 3.05) is 0 Å². The van der Waals surface area contributed by atoms with Gasteiger partial charge >= 0.3 is 0 Å². The third kappa shape index (κ3) is 2.94. The highest BCUT2D eigenvalue weighted by molar-refractivity contribution is 7.15. The molecular weight excluding hydrogens is 284 g/mol. The van der Waals surface area contributed by atoms with Gasteiger partial charge < -0.3 is 0 Å². The van der Waals surface area contributed by atoms with Gasteiger partial charge in [-0.3, -0.25) is 0 Å². The van der Waals surface area contributed by atoms with E-state index in [0.717, 1.165) is 0 Å². The van der Waals surface area contributed by atoms with Gasteiger partial charge in [0, 0.05) is 9.75 Å². The molecule has 20 heavy (non-hydrogen) atoms. The summed E-state index contributed by atoms with van der Waals surface area (Å²) in [5.74, 6) is 0.669. The van der Waals surface area contributed by atoms with Crippen LogP contribution in [0.5, 0.6) is 0 Å². The van der Waals surface area contributed by atoms with Crippen LogP contribution in [0.15, 0.2) is 36.4 Å². The molecule has 0 amide bonds. The number of alkyl halides is 1. The molecule has 3 rings (SSSR count). The van der Waals surface area contributed by atoms with Gasteiger partial charge in [-0.1, -0.05) is 49.6 Å². The number of hydrogen-bond acceptors (Lipinski definition) is 1. The van der Waals surface area contributed by atoms with Crippen LogP contribution in [0, 0.1) is 12.8 Å². The topological polar surface area (TPSA) is 0 Å². The number of halogens is 1. The zero-order chi connectivity index (χ0) is 13.9. The first-order valence-electron chi connectivity index (χ1n) is 7.55. The van der Waals surface area contributed by atoms with Crippen molar-refractivity contribution < 1.29 is 0 Å². The summed E-state index contributed by atoms with van der Waals surface area (Å²) in [6.07, 6.45) is 6.68. The Bertz CT molecular complexity index is 552. The number of thiophene rings is 1. The summed E-state index contributed by atoms with van der Waals surface area (Å²) in [6, 6.07) is 12.9.